The lowest BCUT2D eigenvalue weighted by Gasteiger charge is -2.31. The number of nitrogens with zero attached hydrogens (tertiary/aromatic N) is 1. The molecule has 2 aromatic rings. The number of aromatic nitrogens is 1. The number of aromatic amines is 1. The molecule has 1 saturated heterocycles. The van der Waals surface area contributed by atoms with Crippen molar-refractivity contribution in [2.24, 2.45) is 0 Å². The number of fused-ring (bicyclic) bond motifs is 1. The molecule has 2 heterocycles. The lowest BCUT2D eigenvalue weighted by Crippen LogP contribution is -2.49. The maximum absolute atomic E-state index is 12.4. The molecule has 0 saturated carbocycles. The number of amides is 1. The minimum atomic E-state index is -0.118. The van der Waals surface area contributed by atoms with Crippen molar-refractivity contribution in [1.29, 1.82) is 0 Å². The topological polar surface area (TPSA) is 57.4 Å². The molecule has 0 radical (unpaired) electrons. The molecule has 0 aliphatic carbocycles. The Balaban J connectivity index is 1.59. The summed E-state index contributed by atoms with van der Waals surface area (Å²) in [5.74, 6) is 0.0763. The van der Waals surface area contributed by atoms with Crippen LogP contribution in [0.15, 0.2) is 18.2 Å². The molecule has 1 fully saturated rings. The van der Waals surface area contributed by atoms with E-state index in [1.165, 1.54) is 5.56 Å². The van der Waals surface area contributed by atoms with Gasteiger partial charge in [-0.2, -0.15) is 0 Å². The summed E-state index contributed by atoms with van der Waals surface area (Å²) >= 11 is 6.11. The Bertz CT molecular complexity index is 722. The number of rotatable bonds is 5. The third-order valence-electron chi connectivity index (χ3n) is 4.73. The Morgan fingerprint density at radius 1 is 1.42 bits per heavy atom. The molecule has 1 unspecified atom stereocenters. The van der Waals surface area contributed by atoms with Crippen molar-refractivity contribution in [2.75, 3.05) is 32.8 Å². The molecule has 6 heteroatoms. The molecule has 24 heavy (non-hydrogen) atoms. The predicted molar refractivity (Wildman–Crippen MR) is 96.6 cm³/mol. The molecule has 0 spiro atoms. The van der Waals surface area contributed by atoms with E-state index in [4.69, 9.17) is 16.3 Å². The van der Waals surface area contributed by atoms with Gasteiger partial charge in [-0.25, -0.2) is 0 Å². The zero-order valence-corrected chi connectivity index (χ0v) is 14.9. The summed E-state index contributed by atoms with van der Waals surface area (Å²) in [6, 6.07) is 5.74. The van der Waals surface area contributed by atoms with Gasteiger partial charge < -0.3 is 15.0 Å². The van der Waals surface area contributed by atoms with Crippen molar-refractivity contribution in [3.05, 3.63) is 34.5 Å². The monoisotopic (exact) mass is 349 g/mol. The van der Waals surface area contributed by atoms with Crippen LogP contribution in [0.3, 0.4) is 0 Å². The number of hydrogen-bond acceptors (Lipinski definition) is 3. The van der Waals surface area contributed by atoms with E-state index in [-0.39, 0.29) is 11.9 Å². The Hall–Kier alpha value is -1.56. The fourth-order valence-electron chi connectivity index (χ4n) is 3.27. The Kier molecular flexibility index (Phi) is 5.43. The minimum Gasteiger partial charge on any atom is -0.379 e. The molecule has 130 valence electrons. The highest BCUT2D eigenvalue weighted by Gasteiger charge is 2.22. The smallest absolute Gasteiger partial charge is 0.237 e. The normalized spacial score (nSPS) is 17.1. The van der Waals surface area contributed by atoms with E-state index < -0.39 is 0 Å². The maximum Gasteiger partial charge on any atom is 0.237 e. The number of H-pyrrole nitrogens is 1. The molecule has 1 aliphatic rings. The summed E-state index contributed by atoms with van der Waals surface area (Å²) in [6.45, 7) is 7.66. The van der Waals surface area contributed by atoms with Crippen molar-refractivity contribution in [2.45, 2.75) is 26.3 Å². The summed E-state index contributed by atoms with van der Waals surface area (Å²) in [5.41, 5.74) is 3.43. The summed E-state index contributed by atoms with van der Waals surface area (Å²) in [4.78, 5) is 17.9. The zero-order valence-electron chi connectivity index (χ0n) is 14.2. The minimum absolute atomic E-state index is 0.0763. The Morgan fingerprint density at radius 3 is 2.92 bits per heavy atom. The zero-order chi connectivity index (χ0) is 17.1. The van der Waals surface area contributed by atoms with Crippen LogP contribution in [0.5, 0.6) is 0 Å². The van der Waals surface area contributed by atoms with Gasteiger partial charge >= 0.3 is 0 Å². The van der Waals surface area contributed by atoms with Gasteiger partial charge in [0, 0.05) is 41.3 Å². The number of carbonyl (C=O) groups is 1. The number of nitrogens with one attached hydrogen (secondary N) is 2. The molecule has 1 aliphatic heterocycles. The number of benzene rings is 1. The fourth-order valence-corrected chi connectivity index (χ4v) is 3.44. The number of ether oxygens (including phenoxy) is 1. The number of morpholine rings is 1. The number of hydrogen-bond donors (Lipinski definition) is 2. The van der Waals surface area contributed by atoms with Crippen LogP contribution in [0, 0.1) is 6.92 Å². The highest BCUT2D eigenvalue weighted by atomic mass is 35.5. The second-order valence-corrected chi connectivity index (χ2v) is 6.72. The summed E-state index contributed by atoms with van der Waals surface area (Å²) < 4.78 is 5.34. The summed E-state index contributed by atoms with van der Waals surface area (Å²) in [5, 5.41) is 4.92. The number of carbonyl (C=O) groups excluding carboxylic acids is 1. The van der Waals surface area contributed by atoms with Crippen molar-refractivity contribution in [1.82, 2.24) is 15.2 Å². The lowest BCUT2D eigenvalue weighted by atomic mass is 10.1. The van der Waals surface area contributed by atoms with E-state index in [1.807, 2.05) is 25.1 Å². The second-order valence-electron chi connectivity index (χ2n) is 6.28. The van der Waals surface area contributed by atoms with Gasteiger partial charge in [0.25, 0.3) is 0 Å². The van der Waals surface area contributed by atoms with Crippen LogP contribution in [-0.4, -0.2) is 54.7 Å². The van der Waals surface area contributed by atoms with Gasteiger partial charge in [-0.05, 0) is 44.0 Å². The summed E-state index contributed by atoms with van der Waals surface area (Å²) in [7, 11) is 0. The predicted octanol–water partition coefficient (Wildman–Crippen LogP) is 2.51. The van der Waals surface area contributed by atoms with Crippen LogP contribution in [0.25, 0.3) is 10.9 Å². The van der Waals surface area contributed by atoms with Crippen LogP contribution in [0.1, 0.15) is 18.2 Å². The van der Waals surface area contributed by atoms with Crippen molar-refractivity contribution >= 4 is 28.4 Å². The molecule has 2 N–H and O–H groups in total. The summed E-state index contributed by atoms with van der Waals surface area (Å²) in [6.07, 6.45) is 0.785. The number of aryl methyl sites for hydroxylation is 1. The van der Waals surface area contributed by atoms with Crippen LogP contribution in [0.2, 0.25) is 5.02 Å². The molecule has 1 aromatic carbocycles. The first kappa shape index (κ1) is 17.3. The first-order valence-electron chi connectivity index (χ1n) is 8.42. The van der Waals surface area contributed by atoms with Gasteiger partial charge in [-0.1, -0.05) is 11.6 Å². The van der Waals surface area contributed by atoms with E-state index in [1.54, 1.807) is 0 Å². The van der Waals surface area contributed by atoms with E-state index in [9.17, 15) is 4.79 Å². The van der Waals surface area contributed by atoms with Crippen LogP contribution in [-0.2, 0) is 16.0 Å². The third kappa shape index (κ3) is 3.74. The van der Waals surface area contributed by atoms with Gasteiger partial charge in [0.2, 0.25) is 5.91 Å². The average Bonchev–Trinajstić information content (AvgIpc) is 2.90. The molecule has 0 bridgehead atoms. The molecule has 1 amide bonds. The van der Waals surface area contributed by atoms with Crippen molar-refractivity contribution < 1.29 is 9.53 Å². The average molecular weight is 350 g/mol. The van der Waals surface area contributed by atoms with E-state index in [0.717, 1.165) is 41.1 Å². The van der Waals surface area contributed by atoms with Crippen molar-refractivity contribution in [3.63, 3.8) is 0 Å². The molecular weight excluding hydrogens is 326 g/mol. The first-order valence-corrected chi connectivity index (χ1v) is 8.80. The van der Waals surface area contributed by atoms with E-state index in [2.05, 4.69) is 22.1 Å². The van der Waals surface area contributed by atoms with Crippen LogP contribution < -0.4 is 5.32 Å². The highest BCUT2D eigenvalue weighted by molar-refractivity contribution is 6.31. The van der Waals surface area contributed by atoms with E-state index >= 15 is 0 Å². The first-order chi connectivity index (χ1) is 11.6. The van der Waals surface area contributed by atoms with Gasteiger partial charge in [0.15, 0.2) is 0 Å². The largest absolute Gasteiger partial charge is 0.379 e. The third-order valence-corrected chi connectivity index (χ3v) is 4.96. The van der Waals surface area contributed by atoms with Gasteiger partial charge in [-0.3, -0.25) is 9.69 Å². The van der Waals surface area contributed by atoms with Crippen molar-refractivity contribution in [3.8, 4) is 0 Å². The molecule has 1 atom stereocenters. The van der Waals surface area contributed by atoms with Gasteiger partial charge in [0.1, 0.15) is 0 Å². The molecule has 5 nitrogen and oxygen atoms in total. The number of halogens is 1. The van der Waals surface area contributed by atoms with Gasteiger partial charge in [0.05, 0.1) is 19.3 Å². The SMILES string of the molecule is Cc1[nH]c2ccc(Cl)cc2c1CCNC(=O)C(C)N1CCOCC1. The van der Waals surface area contributed by atoms with E-state index in [0.29, 0.717) is 19.8 Å². The Labute approximate surface area is 147 Å². The van der Waals surface area contributed by atoms with Crippen LogP contribution in [0.4, 0.5) is 0 Å². The Morgan fingerprint density at radius 2 is 2.17 bits per heavy atom. The lowest BCUT2D eigenvalue weighted by molar-refractivity contribution is -0.127. The quantitative estimate of drug-likeness (QED) is 0.872. The fraction of sp³-hybridized carbons (Fsp3) is 0.500. The molecule has 3 rings (SSSR count). The standard InChI is InChI=1S/C18H24ClN3O2/c1-12-15(16-11-14(19)3-4-17(16)21-12)5-6-20-18(23)13(2)22-7-9-24-10-8-22/h3-4,11,13,21H,5-10H2,1-2H3,(H,20,23). The second kappa shape index (κ2) is 7.55. The molecular formula is C18H24ClN3O2. The van der Waals surface area contributed by atoms with Gasteiger partial charge in [-0.15, -0.1) is 0 Å². The molecule has 1 aromatic heterocycles. The highest BCUT2D eigenvalue weighted by Crippen LogP contribution is 2.25. The maximum atomic E-state index is 12.4. The van der Waals surface area contributed by atoms with Crippen LogP contribution >= 0.6 is 11.6 Å².